The molecule has 4 heterocycles. The number of pyridine rings is 1. The van der Waals surface area contributed by atoms with Crippen molar-refractivity contribution in [3.8, 4) is 0 Å². The minimum absolute atomic E-state index is 0.160. The molecule has 6 rings (SSSR count). The molecule has 2 aliphatic heterocycles. The van der Waals surface area contributed by atoms with Gasteiger partial charge in [0.1, 0.15) is 16.0 Å². The molecule has 146 valence electrons. The van der Waals surface area contributed by atoms with Crippen molar-refractivity contribution in [2.75, 3.05) is 24.5 Å². The summed E-state index contributed by atoms with van der Waals surface area (Å²) in [5.41, 5.74) is 0.571. The van der Waals surface area contributed by atoms with E-state index in [0.717, 1.165) is 38.0 Å². The van der Waals surface area contributed by atoms with Gasteiger partial charge in [-0.1, -0.05) is 0 Å². The largest absolute Gasteiger partial charge is 0.367 e. The number of hydrogen-bond donors (Lipinski definition) is 2. The molecule has 2 saturated heterocycles. The number of H-pyrrole nitrogens is 1. The molecule has 0 amide bonds. The van der Waals surface area contributed by atoms with Crippen molar-refractivity contribution in [3.05, 3.63) is 38.5 Å². The second kappa shape index (κ2) is 5.90. The molecule has 3 aromatic rings. The topological polar surface area (TPSA) is 70.1 Å². The summed E-state index contributed by atoms with van der Waals surface area (Å²) in [5, 5.41) is 4.02. The van der Waals surface area contributed by atoms with Crippen molar-refractivity contribution in [1.82, 2.24) is 14.3 Å². The van der Waals surface area contributed by atoms with Crippen molar-refractivity contribution < 1.29 is 4.39 Å². The second-order valence-corrected chi connectivity index (χ2v) is 9.13. The smallest absolute Gasteiger partial charge is 0.271 e. The molecule has 0 bridgehead atoms. The summed E-state index contributed by atoms with van der Waals surface area (Å²) in [7, 11) is 0. The van der Waals surface area contributed by atoms with E-state index in [0.29, 0.717) is 27.9 Å². The van der Waals surface area contributed by atoms with Crippen molar-refractivity contribution in [2.24, 2.45) is 5.92 Å². The number of halogens is 1. The van der Waals surface area contributed by atoms with E-state index >= 15 is 4.39 Å². The first kappa shape index (κ1) is 16.7. The summed E-state index contributed by atoms with van der Waals surface area (Å²) < 4.78 is 19.9. The number of benzene rings is 1. The molecule has 28 heavy (non-hydrogen) atoms. The SMILES string of the molecule is O=c1[nH]sc2c1c(=O)c1cc(F)c(N3CC4CCCNC4C3)cc1n2C1CC1. The predicted molar refractivity (Wildman–Crippen MR) is 109 cm³/mol. The normalized spacial score (nSPS) is 25.0. The molecule has 0 radical (unpaired) electrons. The number of hydrogen-bond acceptors (Lipinski definition) is 5. The van der Waals surface area contributed by atoms with Crippen LogP contribution in [-0.2, 0) is 0 Å². The van der Waals surface area contributed by atoms with Crippen LogP contribution in [0.3, 0.4) is 0 Å². The highest BCUT2D eigenvalue weighted by Crippen LogP contribution is 2.41. The maximum absolute atomic E-state index is 15.1. The van der Waals surface area contributed by atoms with Gasteiger partial charge in [0, 0.05) is 30.6 Å². The van der Waals surface area contributed by atoms with Crippen LogP contribution in [0.15, 0.2) is 21.7 Å². The third-order valence-corrected chi connectivity index (χ3v) is 7.43. The fraction of sp³-hybridized carbons (Fsp3) is 0.500. The zero-order chi connectivity index (χ0) is 19.0. The van der Waals surface area contributed by atoms with Crippen LogP contribution >= 0.6 is 11.5 Å². The van der Waals surface area contributed by atoms with E-state index in [1.54, 1.807) is 0 Å². The molecular weight excluding hydrogens is 379 g/mol. The van der Waals surface area contributed by atoms with Crippen LogP contribution in [0.5, 0.6) is 0 Å². The lowest BCUT2D eigenvalue weighted by molar-refractivity contribution is 0.340. The molecule has 6 nitrogen and oxygen atoms in total. The fourth-order valence-electron chi connectivity index (χ4n) is 5.02. The standard InChI is InChI=1S/C20H21FN4O2S/c21-13-6-12-15(7-16(13)24-8-10-2-1-5-22-14(10)9-24)25(11-3-4-11)20-17(18(12)26)19(27)23-28-20/h6-7,10-11,14,22H,1-5,8-9H2,(H,23,27). The van der Waals surface area contributed by atoms with Crippen molar-refractivity contribution >= 4 is 38.3 Å². The first-order valence-corrected chi connectivity index (χ1v) is 10.8. The van der Waals surface area contributed by atoms with Crippen LogP contribution < -0.4 is 21.2 Å². The lowest BCUT2D eigenvalue weighted by Gasteiger charge is -2.24. The Kier molecular flexibility index (Phi) is 3.53. The van der Waals surface area contributed by atoms with Crippen LogP contribution in [0.1, 0.15) is 31.7 Å². The van der Waals surface area contributed by atoms with Crippen LogP contribution in [0.2, 0.25) is 0 Å². The molecular formula is C20H21FN4O2S. The zero-order valence-electron chi connectivity index (χ0n) is 15.3. The summed E-state index contributed by atoms with van der Waals surface area (Å²) in [6.07, 6.45) is 4.38. The van der Waals surface area contributed by atoms with Gasteiger partial charge in [-0.2, -0.15) is 0 Å². The molecule has 2 atom stereocenters. The Morgan fingerprint density at radius 3 is 2.79 bits per heavy atom. The monoisotopic (exact) mass is 400 g/mol. The van der Waals surface area contributed by atoms with Gasteiger partial charge >= 0.3 is 0 Å². The maximum Gasteiger partial charge on any atom is 0.271 e. The molecule has 1 aliphatic carbocycles. The molecule has 1 saturated carbocycles. The van der Waals surface area contributed by atoms with E-state index in [4.69, 9.17) is 0 Å². The van der Waals surface area contributed by atoms with Gasteiger partial charge in [-0.15, -0.1) is 0 Å². The maximum atomic E-state index is 15.1. The Morgan fingerprint density at radius 1 is 1.14 bits per heavy atom. The quantitative estimate of drug-likeness (QED) is 0.694. The van der Waals surface area contributed by atoms with E-state index in [1.807, 2.05) is 6.07 Å². The third-order valence-electron chi connectivity index (χ3n) is 6.55. The number of nitrogens with one attached hydrogen (secondary N) is 2. The van der Waals surface area contributed by atoms with E-state index in [2.05, 4.69) is 19.2 Å². The van der Waals surface area contributed by atoms with Gasteiger partial charge in [0.2, 0.25) is 5.43 Å². The summed E-state index contributed by atoms with van der Waals surface area (Å²) >= 11 is 1.20. The van der Waals surface area contributed by atoms with E-state index in [1.165, 1.54) is 30.4 Å². The summed E-state index contributed by atoms with van der Waals surface area (Å²) in [4.78, 5) is 27.9. The Balaban J connectivity index is 1.57. The number of rotatable bonds is 2. The molecule has 2 N–H and O–H groups in total. The Labute approximate surface area is 164 Å². The van der Waals surface area contributed by atoms with Crippen LogP contribution in [0.4, 0.5) is 10.1 Å². The van der Waals surface area contributed by atoms with Crippen LogP contribution in [-0.4, -0.2) is 34.6 Å². The number of piperidine rings is 1. The molecule has 3 fully saturated rings. The van der Waals surface area contributed by atoms with Gasteiger partial charge in [0.05, 0.1) is 11.2 Å². The molecule has 3 aliphatic rings. The highest BCUT2D eigenvalue weighted by atomic mass is 32.1. The lowest BCUT2D eigenvalue weighted by Crippen LogP contribution is -2.40. The van der Waals surface area contributed by atoms with Crippen molar-refractivity contribution in [1.29, 1.82) is 0 Å². The summed E-state index contributed by atoms with van der Waals surface area (Å²) in [6.45, 7) is 2.66. The Hall–Kier alpha value is -2.19. The number of nitrogens with zero attached hydrogens (tertiary/aromatic N) is 2. The number of aromatic amines is 1. The number of aromatic nitrogens is 2. The average molecular weight is 400 g/mol. The number of anilines is 1. The fourth-order valence-corrected chi connectivity index (χ4v) is 5.95. The predicted octanol–water partition coefficient (Wildman–Crippen LogP) is 2.57. The van der Waals surface area contributed by atoms with Crippen LogP contribution in [0.25, 0.3) is 21.1 Å². The first-order chi connectivity index (χ1) is 13.6. The zero-order valence-corrected chi connectivity index (χ0v) is 16.2. The Bertz CT molecular complexity index is 1210. The van der Waals surface area contributed by atoms with E-state index in [9.17, 15) is 9.59 Å². The van der Waals surface area contributed by atoms with Gasteiger partial charge in [-0.3, -0.25) is 14.0 Å². The highest BCUT2D eigenvalue weighted by Gasteiger charge is 2.36. The minimum atomic E-state index is -0.378. The van der Waals surface area contributed by atoms with E-state index < -0.39 is 0 Å². The van der Waals surface area contributed by atoms with Crippen molar-refractivity contribution in [2.45, 2.75) is 37.8 Å². The van der Waals surface area contributed by atoms with Crippen molar-refractivity contribution in [3.63, 3.8) is 0 Å². The van der Waals surface area contributed by atoms with Gasteiger partial charge in [0.15, 0.2) is 0 Å². The third kappa shape index (κ3) is 2.34. The lowest BCUT2D eigenvalue weighted by atomic mass is 9.94. The first-order valence-electron chi connectivity index (χ1n) is 9.99. The molecule has 1 aromatic carbocycles. The molecule has 2 unspecified atom stereocenters. The second-order valence-electron chi connectivity index (χ2n) is 8.33. The van der Waals surface area contributed by atoms with Gasteiger partial charge < -0.3 is 14.8 Å². The van der Waals surface area contributed by atoms with Gasteiger partial charge in [-0.05, 0) is 61.8 Å². The minimum Gasteiger partial charge on any atom is -0.367 e. The number of fused-ring (bicyclic) bond motifs is 3. The van der Waals surface area contributed by atoms with E-state index in [-0.39, 0.29) is 28.2 Å². The Morgan fingerprint density at radius 2 is 2.00 bits per heavy atom. The highest BCUT2D eigenvalue weighted by molar-refractivity contribution is 7.12. The summed E-state index contributed by atoms with van der Waals surface area (Å²) in [6, 6.07) is 3.87. The van der Waals surface area contributed by atoms with Gasteiger partial charge in [-0.25, -0.2) is 4.39 Å². The van der Waals surface area contributed by atoms with Crippen LogP contribution in [0, 0.1) is 11.7 Å². The van der Waals surface area contributed by atoms with Gasteiger partial charge in [0.25, 0.3) is 5.56 Å². The molecule has 2 aromatic heterocycles. The summed E-state index contributed by atoms with van der Waals surface area (Å²) in [5.74, 6) is 0.170. The molecule has 0 spiro atoms. The average Bonchev–Trinajstić information content (AvgIpc) is 3.31. The molecule has 8 heteroatoms.